The summed E-state index contributed by atoms with van der Waals surface area (Å²) >= 11 is 3.32. The van der Waals surface area contributed by atoms with Crippen LogP contribution in [0.25, 0.3) is 0 Å². The fourth-order valence-electron chi connectivity index (χ4n) is 2.54. The third kappa shape index (κ3) is 5.01. The van der Waals surface area contributed by atoms with Gasteiger partial charge in [-0.1, -0.05) is 52.3 Å². The first-order valence-corrected chi connectivity index (χ1v) is 9.09. The zero-order valence-corrected chi connectivity index (χ0v) is 16.2. The Morgan fingerprint density at radius 3 is 2.59 bits per heavy atom. The molecule has 138 valence electrons. The van der Waals surface area contributed by atoms with Gasteiger partial charge in [0.05, 0.1) is 6.54 Å². The van der Waals surface area contributed by atoms with E-state index in [-0.39, 0.29) is 18.4 Å². The van der Waals surface area contributed by atoms with Gasteiger partial charge in [-0.05, 0) is 30.7 Å². The smallest absolute Gasteiger partial charge is 0.251 e. The number of hydrogen-bond donors (Lipinski definition) is 3. The minimum atomic E-state index is -0.508. The van der Waals surface area contributed by atoms with Gasteiger partial charge < -0.3 is 10.6 Å². The fraction of sp³-hybridized carbons (Fsp3) is 0.158. The Hall–Kier alpha value is -3.00. The monoisotopic (exact) mass is 427 g/mol. The van der Waals surface area contributed by atoms with Gasteiger partial charge in [0.25, 0.3) is 5.91 Å². The molecule has 0 aliphatic carbocycles. The first kappa shape index (κ1) is 18.8. The molecule has 0 spiro atoms. The topological polar surface area (TPSA) is 99.8 Å². The van der Waals surface area contributed by atoms with Crippen molar-refractivity contribution in [1.82, 2.24) is 25.8 Å². The molecule has 0 aliphatic heterocycles. The zero-order chi connectivity index (χ0) is 19.2. The number of nitrogens with zero attached hydrogens (tertiary/aromatic N) is 2. The minimum Gasteiger partial charge on any atom is -0.343 e. The normalized spacial score (nSPS) is 11.6. The molecule has 1 unspecified atom stereocenters. The van der Waals surface area contributed by atoms with Crippen molar-refractivity contribution in [2.75, 3.05) is 6.54 Å². The summed E-state index contributed by atoms with van der Waals surface area (Å²) in [6.07, 6.45) is 0. The maximum atomic E-state index is 12.4. The summed E-state index contributed by atoms with van der Waals surface area (Å²) in [7, 11) is 0. The SMILES string of the molecule is Cc1nc(C(NC(=O)CNC(=O)c2cccc(Br)c2)c2ccccc2)n[nH]1. The van der Waals surface area contributed by atoms with Crippen LogP contribution in [0.2, 0.25) is 0 Å². The van der Waals surface area contributed by atoms with E-state index in [1.165, 1.54) is 0 Å². The van der Waals surface area contributed by atoms with Crippen LogP contribution in [0.5, 0.6) is 0 Å². The number of hydrogen-bond acceptors (Lipinski definition) is 4. The van der Waals surface area contributed by atoms with Gasteiger partial charge in [-0.25, -0.2) is 4.98 Å². The van der Waals surface area contributed by atoms with Crippen molar-refractivity contribution < 1.29 is 9.59 Å². The van der Waals surface area contributed by atoms with E-state index in [0.29, 0.717) is 17.2 Å². The highest BCUT2D eigenvalue weighted by Gasteiger charge is 2.21. The third-order valence-corrected chi connectivity index (χ3v) is 4.30. The lowest BCUT2D eigenvalue weighted by Crippen LogP contribution is -2.39. The maximum Gasteiger partial charge on any atom is 0.251 e. The largest absolute Gasteiger partial charge is 0.343 e. The minimum absolute atomic E-state index is 0.155. The first-order valence-electron chi connectivity index (χ1n) is 8.30. The molecule has 3 N–H and O–H groups in total. The number of nitrogens with one attached hydrogen (secondary N) is 3. The van der Waals surface area contributed by atoms with Crippen molar-refractivity contribution in [3.8, 4) is 0 Å². The summed E-state index contributed by atoms with van der Waals surface area (Å²) in [4.78, 5) is 28.9. The number of benzene rings is 2. The second kappa shape index (κ2) is 8.59. The van der Waals surface area contributed by atoms with Crippen molar-refractivity contribution in [1.29, 1.82) is 0 Å². The van der Waals surface area contributed by atoms with Gasteiger partial charge in [0.1, 0.15) is 11.9 Å². The molecule has 1 heterocycles. The number of aromatic nitrogens is 3. The van der Waals surface area contributed by atoms with E-state index in [9.17, 15) is 9.59 Å². The molecule has 1 aromatic heterocycles. The lowest BCUT2D eigenvalue weighted by Gasteiger charge is -2.16. The molecule has 0 bridgehead atoms. The molecule has 0 fully saturated rings. The van der Waals surface area contributed by atoms with Gasteiger partial charge in [-0.3, -0.25) is 14.7 Å². The molecule has 3 rings (SSSR count). The summed E-state index contributed by atoms with van der Waals surface area (Å²) in [6.45, 7) is 1.64. The lowest BCUT2D eigenvalue weighted by molar-refractivity contribution is -0.120. The number of carbonyl (C=O) groups is 2. The van der Waals surface area contributed by atoms with Gasteiger partial charge in [-0.15, -0.1) is 0 Å². The summed E-state index contributed by atoms with van der Waals surface area (Å²) in [5.41, 5.74) is 1.32. The second-order valence-corrected chi connectivity index (χ2v) is 6.80. The highest BCUT2D eigenvalue weighted by molar-refractivity contribution is 9.10. The van der Waals surface area contributed by atoms with Crippen molar-refractivity contribution in [3.63, 3.8) is 0 Å². The molecular weight excluding hydrogens is 410 g/mol. The summed E-state index contributed by atoms with van der Waals surface area (Å²) < 4.78 is 0.795. The number of rotatable bonds is 6. The zero-order valence-electron chi connectivity index (χ0n) is 14.6. The molecule has 8 heteroatoms. The van der Waals surface area contributed by atoms with Crippen LogP contribution in [0.15, 0.2) is 59.1 Å². The van der Waals surface area contributed by atoms with E-state index < -0.39 is 6.04 Å². The standard InChI is InChI=1S/C19H18BrN5O2/c1-12-22-18(25-24-12)17(13-6-3-2-4-7-13)23-16(26)11-21-19(27)14-8-5-9-15(20)10-14/h2-10,17H,11H2,1H3,(H,21,27)(H,23,26)(H,22,24,25). The molecular formula is C19H18BrN5O2. The van der Waals surface area contributed by atoms with Gasteiger partial charge in [0.2, 0.25) is 5.91 Å². The summed E-state index contributed by atoms with van der Waals surface area (Å²) in [5, 5.41) is 12.4. The summed E-state index contributed by atoms with van der Waals surface area (Å²) in [6, 6.07) is 15.9. The number of aromatic amines is 1. The van der Waals surface area contributed by atoms with Crippen LogP contribution in [0.4, 0.5) is 0 Å². The maximum absolute atomic E-state index is 12.4. The van der Waals surface area contributed by atoms with Crippen LogP contribution in [-0.2, 0) is 4.79 Å². The van der Waals surface area contributed by atoms with Crippen molar-refractivity contribution in [2.45, 2.75) is 13.0 Å². The predicted octanol–water partition coefficient (Wildman–Crippen LogP) is 2.51. The molecule has 0 saturated heterocycles. The van der Waals surface area contributed by atoms with Gasteiger partial charge in [0, 0.05) is 10.0 Å². The average molecular weight is 428 g/mol. The van der Waals surface area contributed by atoms with Gasteiger partial charge in [0.15, 0.2) is 5.82 Å². The molecule has 0 radical (unpaired) electrons. The molecule has 7 nitrogen and oxygen atoms in total. The number of halogens is 1. The average Bonchev–Trinajstić information content (AvgIpc) is 3.11. The molecule has 2 aromatic carbocycles. The highest BCUT2D eigenvalue weighted by atomic mass is 79.9. The Morgan fingerprint density at radius 1 is 1.15 bits per heavy atom. The molecule has 27 heavy (non-hydrogen) atoms. The van der Waals surface area contributed by atoms with Crippen molar-refractivity contribution in [3.05, 3.63) is 81.8 Å². The quantitative estimate of drug-likeness (QED) is 0.562. The van der Waals surface area contributed by atoms with Crippen LogP contribution in [0.3, 0.4) is 0 Å². The van der Waals surface area contributed by atoms with E-state index >= 15 is 0 Å². The lowest BCUT2D eigenvalue weighted by atomic mass is 10.1. The number of amides is 2. The Kier molecular flexibility index (Phi) is 5.97. The molecule has 1 atom stereocenters. The molecule has 3 aromatic rings. The third-order valence-electron chi connectivity index (χ3n) is 3.81. The number of carbonyl (C=O) groups excluding carboxylic acids is 2. The Labute approximate surface area is 164 Å². The van der Waals surface area contributed by atoms with E-state index in [2.05, 4.69) is 41.7 Å². The van der Waals surface area contributed by atoms with E-state index in [1.54, 1.807) is 25.1 Å². The van der Waals surface area contributed by atoms with E-state index in [4.69, 9.17) is 0 Å². The Balaban J connectivity index is 1.67. The van der Waals surface area contributed by atoms with Crippen LogP contribution in [0.1, 0.15) is 33.6 Å². The highest BCUT2D eigenvalue weighted by Crippen LogP contribution is 2.18. The summed E-state index contributed by atoms with van der Waals surface area (Å²) in [5.74, 6) is 0.458. The van der Waals surface area contributed by atoms with Crippen molar-refractivity contribution in [2.24, 2.45) is 0 Å². The van der Waals surface area contributed by atoms with Crippen LogP contribution >= 0.6 is 15.9 Å². The first-order chi connectivity index (χ1) is 13.0. The van der Waals surface area contributed by atoms with E-state index in [0.717, 1.165) is 10.0 Å². The van der Waals surface area contributed by atoms with Gasteiger partial charge >= 0.3 is 0 Å². The fourth-order valence-corrected chi connectivity index (χ4v) is 2.94. The predicted molar refractivity (Wildman–Crippen MR) is 104 cm³/mol. The van der Waals surface area contributed by atoms with Crippen LogP contribution < -0.4 is 10.6 Å². The molecule has 0 saturated carbocycles. The van der Waals surface area contributed by atoms with Crippen LogP contribution in [0, 0.1) is 6.92 Å². The molecule has 2 amide bonds. The Morgan fingerprint density at radius 2 is 1.93 bits per heavy atom. The second-order valence-electron chi connectivity index (χ2n) is 5.88. The van der Waals surface area contributed by atoms with E-state index in [1.807, 2.05) is 36.4 Å². The van der Waals surface area contributed by atoms with Crippen LogP contribution in [-0.4, -0.2) is 33.5 Å². The van der Waals surface area contributed by atoms with Gasteiger partial charge in [-0.2, -0.15) is 5.10 Å². The molecule has 0 aliphatic rings. The Bertz CT molecular complexity index is 942. The number of H-pyrrole nitrogens is 1. The number of aryl methyl sites for hydroxylation is 1. The van der Waals surface area contributed by atoms with Crippen molar-refractivity contribution >= 4 is 27.7 Å².